The molecule has 1 fully saturated rings. The molecular formula is C34H36N6O3S. The number of nitrogens with one attached hydrogen (secondary N) is 1. The number of amides is 3. The van der Waals surface area contributed by atoms with E-state index in [2.05, 4.69) is 36.2 Å². The van der Waals surface area contributed by atoms with Crippen molar-refractivity contribution < 1.29 is 14.4 Å². The van der Waals surface area contributed by atoms with Crippen molar-refractivity contribution in [1.29, 1.82) is 0 Å². The maximum absolute atomic E-state index is 13.7. The van der Waals surface area contributed by atoms with Gasteiger partial charge < -0.3 is 15.1 Å². The molecule has 0 aromatic heterocycles. The molecule has 3 amide bonds. The van der Waals surface area contributed by atoms with Gasteiger partial charge in [-0.2, -0.15) is 0 Å². The van der Waals surface area contributed by atoms with Crippen molar-refractivity contribution in [1.82, 2.24) is 9.80 Å². The number of anilines is 2. The van der Waals surface area contributed by atoms with Gasteiger partial charge in [-0.25, -0.2) is 9.89 Å². The van der Waals surface area contributed by atoms with E-state index in [1.807, 2.05) is 71.6 Å². The summed E-state index contributed by atoms with van der Waals surface area (Å²) in [7, 11) is 0. The highest BCUT2D eigenvalue weighted by molar-refractivity contribution is 8.14. The Hall–Kier alpha value is -4.44. The molecule has 3 aromatic rings. The minimum absolute atomic E-state index is 0.0392. The Morgan fingerprint density at radius 2 is 1.64 bits per heavy atom. The highest BCUT2D eigenvalue weighted by Crippen LogP contribution is 2.34. The topological polar surface area (TPSA) is 97.7 Å². The predicted molar refractivity (Wildman–Crippen MR) is 177 cm³/mol. The van der Waals surface area contributed by atoms with Crippen LogP contribution < -0.4 is 10.2 Å². The van der Waals surface area contributed by atoms with E-state index < -0.39 is 6.04 Å². The zero-order valence-electron chi connectivity index (χ0n) is 25.0. The van der Waals surface area contributed by atoms with Gasteiger partial charge >= 0.3 is 0 Å². The Bertz CT molecular complexity index is 1600. The van der Waals surface area contributed by atoms with Crippen LogP contribution in [-0.2, 0) is 14.4 Å². The van der Waals surface area contributed by atoms with Gasteiger partial charge in [0.25, 0.3) is 5.91 Å². The molecule has 44 heavy (non-hydrogen) atoms. The van der Waals surface area contributed by atoms with Crippen molar-refractivity contribution in [3.05, 3.63) is 90.0 Å². The van der Waals surface area contributed by atoms with Crippen molar-refractivity contribution >= 4 is 57.5 Å². The monoisotopic (exact) mass is 608 g/mol. The number of nitrogens with zero attached hydrogens (tertiary/aromatic N) is 5. The van der Waals surface area contributed by atoms with Crippen LogP contribution in [0.4, 0.5) is 17.1 Å². The number of rotatable bonds is 8. The van der Waals surface area contributed by atoms with Crippen molar-refractivity contribution in [2.45, 2.75) is 38.6 Å². The quantitative estimate of drug-likeness (QED) is 0.376. The molecule has 6 rings (SSSR count). The Balaban J connectivity index is 1.07. The van der Waals surface area contributed by atoms with Gasteiger partial charge in [-0.05, 0) is 54.3 Å². The summed E-state index contributed by atoms with van der Waals surface area (Å²) in [5, 5.41) is 3.35. The SMILES string of the molecule is CC(C)c1ccc(NC(=O)CSC2=Nc3ccccc3C3=N[C@@H](CCC(=O)N4CCN(c5ccccc5)CC4)C(=O)N23)cc1. The highest BCUT2D eigenvalue weighted by atomic mass is 32.2. The van der Waals surface area contributed by atoms with Gasteiger partial charge in [0.2, 0.25) is 11.8 Å². The van der Waals surface area contributed by atoms with Gasteiger partial charge in [-0.1, -0.05) is 68.1 Å². The van der Waals surface area contributed by atoms with Crippen LogP contribution >= 0.6 is 11.8 Å². The van der Waals surface area contributed by atoms with E-state index >= 15 is 0 Å². The third-order valence-electron chi connectivity index (χ3n) is 8.13. The number of aliphatic imine (C=N–C) groups is 2. The molecule has 0 spiro atoms. The summed E-state index contributed by atoms with van der Waals surface area (Å²) in [5.74, 6) is 0.663. The van der Waals surface area contributed by atoms with E-state index in [4.69, 9.17) is 9.98 Å². The smallest absolute Gasteiger partial charge is 0.259 e. The van der Waals surface area contributed by atoms with Crippen molar-refractivity contribution in [2.24, 2.45) is 9.98 Å². The predicted octanol–water partition coefficient (Wildman–Crippen LogP) is 5.27. The number of benzene rings is 3. The van der Waals surface area contributed by atoms with Gasteiger partial charge in [0.05, 0.1) is 11.4 Å². The number of hydrogen-bond donors (Lipinski definition) is 1. The third kappa shape index (κ3) is 6.40. The fraction of sp³-hybridized carbons (Fsp3) is 0.324. The number of carbonyl (C=O) groups is 3. The lowest BCUT2D eigenvalue weighted by Crippen LogP contribution is -2.49. The molecule has 0 bridgehead atoms. The van der Waals surface area contributed by atoms with Crippen LogP contribution in [0.5, 0.6) is 0 Å². The fourth-order valence-electron chi connectivity index (χ4n) is 5.64. The molecule has 9 nitrogen and oxygen atoms in total. The summed E-state index contributed by atoms with van der Waals surface area (Å²) in [5.41, 5.74) is 4.56. The molecule has 3 aliphatic heterocycles. The maximum atomic E-state index is 13.7. The summed E-state index contributed by atoms with van der Waals surface area (Å²) in [6.07, 6.45) is 0.565. The molecule has 0 unspecified atom stereocenters. The van der Waals surface area contributed by atoms with Crippen LogP contribution in [0.25, 0.3) is 0 Å². The third-order valence-corrected chi connectivity index (χ3v) is 9.07. The lowest BCUT2D eigenvalue weighted by molar-refractivity contribution is -0.132. The largest absolute Gasteiger partial charge is 0.368 e. The van der Waals surface area contributed by atoms with Crippen LogP contribution in [0.15, 0.2) is 88.8 Å². The lowest BCUT2D eigenvalue weighted by Gasteiger charge is -2.36. The first-order valence-electron chi connectivity index (χ1n) is 15.1. The second-order valence-corrected chi connectivity index (χ2v) is 12.4. The molecule has 1 saturated heterocycles. The van der Waals surface area contributed by atoms with E-state index in [9.17, 15) is 14.4 Å². The molecule has 1 atom stereocenters. The van der Waals surface area contributed by atoms with Crippen LogP contribution in [0, 0.1) is 0 Å². The Labute approximate surface area is 262 Å². The van der Waals surface area contributed by atoms with E-state index in [1.165, 1.54) is 22.2 Å². The van der Waals surface area contributed by atoms with Gasteiger partial charge in [-0.3, -0.25) is 19.4 Å². The average Bonchev–Trinajstić information content (AvgIpc) is 3.39. The molecule has 226 valence electrons. The zero-order valence-corrected chi connectivity index (χ0v) is 25.8. The van der Waals surface area contributed by atoms with E-state index in [-0.39, 0.29) is 29.9 Å². The van der Waals surface area contributed by atoms with Crippen molar-refractivity contribution in [3.63, 3.8) is 0 Å². The minimum Gasteiger partial charge on any atom is -0.368 e. The molecule has 3 aromatic carbocycles. The first-order chi connectivity index (χ1) is 21.4. The number of carbonyl (C=O) groups excluding carboxylic acids is 3. The Morgan fingerprint density at radius 1 is 0.932 bits per heavy atom. The second-order valence-electron chi connectivity index (χ2n) is 11.4. The Kier molecular flexibility index (Phi) is 8.79. The number of piperazine rings is 1. The van der Waals surface area contributed by atoms with Gasteiger partial charge in [0, 0.05) is 49.5 Å². The summed E-state index contributed by atoms with van der Waals surface area (Å²) in [6, 6.07) is 24.9. The van der Waals surface area contributed by atoms with Crippen LogP contribution in [0.2, 0.25) is 0 Å². The standard InChI is InChI=1S/C34H36N6O3S/c1-23(2)24-12-14-25(15-13-24)35-30(41)22-44-34-37-28-11-7-6-10-27(28)32-36-29(33(43)40(32)34)16-17-31(42)39-20-18-38(19-21-39)26-8-4-3-5-9-26/h3-15,23,29H,16-22H2,1-2H3,(H,35,41)/t29-/m0/s1. The van der Waals surface area contributed by atoms with Gasteiger partial charge in [0.15, 0.2) is 5.17 Å². The van der Waals surface area contributed by atoms with Crippen molar-refractivity contribution in [2.75, 3.05) is 42.1 Å². The summed E-state index contributed by atoms with van der Waals surface area (Å²) >= 11 is 1.21. The molecule has 10 heteroatoms. The van der Waals surface area contributed by atoms with Crippen LogP contribution in [0.1, 0.15) is 43.7 Å². The number of amidine groups is 2. The molecule has 0 saturated carbocycles. The Morgan fingerprint density at radius 3 is 2.36 bits per heavy atom. The molecular weight excluding hydrogens is 572 g/mol. The van der Waals surface area contributed by atoms with Gasteiger partial charge in [-0.15, -0.1) is 0 Å². The van der Waals surface area contributed by atoms with Crippen molar-refractivity contribution in [3.8, 4) is 0 Å². The zero-order chi connectivity index (χ0) is 30.6. The average molecular weight is 609 g/mol. The molecule has 0 radical (unpaired) electrons. The molecule has 0 aliphatic carbocycles. The van der Waals surface area contributed by atoms with Crippen LogP contribution in [-0.4, -0.2) is 76.5 Å². The fourth-order valence-corrected chi connectivity index (χ4v) is 6.44. The number of thioether (sulfide) groups is 1. The molecule has 1 N–H and O–H groups in total. The van der Waals surface area contributed by atoms with E-state index in [0.29, 0.717) is 42.1 Å². The summed E-state index contributed by atoms with van der Waals surface area (Å²) in [4.78, 5) is 54.8. The minimum atomic E-state index is -0.676. The molecule has 3 aliphatic rings. The van der Waals surface area contributed by atoms with Crippen LogP contribution in [0.3, 0.4) is 0 Å². The number of fused-ring (bicyclic) bond motifs is 3. The lowest BCUT2D eigenvalue weighted by atomic mass is 10.0. The maximum Gasteiger partial charge on any atom is 0.259 e. The second kappa shape index (κ2) is 13.1. The van der Waals surface area contributed by atoms with E-state index in [1.54, 1.807) is 0 Å². The summed E-state index contributed by atoms with van der Waals surface area (Å²) in [6.45, 7) is 7.11. The number of para-hydroxylation sites is 2. The highest BCUT2D eigenvalue weighted by Gasteiger charge is 2.41. The number of hydrogen-bond acceptors (Lipinski definition) is 7. The normalized spacial score (nSPS) is 17.7. The first-order valence-corrected chi connectivity index (χ1v) is 16.1. The first kappa shape index (κ1) is 29.6. The van der Waals surface area contributed by atoms with Gasteiger partial charge in [0.1, 0.15) is 11.9 Å². The van der Waals surface area contributed by atoms with E-state index in [0.717, 1.165) is 30.0 Å². The molecule has 3 heterocycles. The summed E-state index contributed by atoms with van der Waals surface area (Å²) < 4.78 is 0.